The first-order chi connectivity index (χ1) is 16.2. The minimum atomic E-state index is 0.777. The highest BCUT2D eigenvalue weighted by Gasteiger charge is 1.96. The molecule has 0 N–H and O–H groups in total. The summed E-state index contributed by atoms with van der Waals surface area (Å²) in [6.45, 7) is 2.10. The molecule has 0 fully saturated rings. The van der Waals surface area contributed by atoms with Gasteiger partial charge in [0.25, 0.3) is 0 Å². The van der Waals surface area contributed by atoms with Gasteiger partial charge in [-0.2, -0.15) is 0 Å². The van der Waals surface area contributed by atoms with E-state index in [2.05, 4.69) is 122 Å². The third-order valence-electron chi connectivity index (χ3n) is 4.65. The Kier molecular flexibility index (Phi) is 10.4. The molecule has 0 saturated carbocycles. The molecule has 3 heteroatoms. The van der Waals surface area contributed by atoms with Crippen LogP contribution in [-0.2, 0) is 0 Å². The summed E-state index contributed by atoms with van der Waals surface area (Å²) in [5, 5.41) is 2.79. The molecule has 164 valence electrons. The monoisotopic (exact) mass is 465 g/mol. The lowest BCUT2D eigenvalue weighted by molar-refractivity contribution is 1.33. The molecule has 0 spiro atoms. The average Bonchev–Trinajstić information content (AvgIpc) is 2.88. The van der Waals surface area contributed by atoms with Gasteiger partial charge in [-0.1, -0.05) is 117 Å². The Labute approximate surface area is 204 Å². The maximum atomic E-state index is 4.26. The summed E-state index contributed by atoms with van der Waals surface area (Å²) in [6, 6.07) is 43.6. The van der Waals surface area contributed by atoms with Gasteiger partial charge >= 0.3 is 0 Å². The molecule has 1 aromatic heterocycles. The molecule has 1 nitrogen and oxygen atoms in total. The summed E-state index contributed by atoms with van der Waals surface area (Å²) in [6.07, 6.45) is 3.50. The topological polar surface area (TPSA) is 12.9 Å². The predicted molar refractivity (Wildman–Crippen MR) is 149 cm³/mol. The van der Waals surface area contributed by atoms with Crippen molar-refractivity contribution in [3.05, 3.63) is 145 Å². The second-order valence-electron chi connectivity index (χ2n) is 7.29. The number of benzene rings is 4. The van der Waals surface area contributed by atoms with Gasteiger partial charge in [0.15, 0.2) is 0 Å². The summed E-state index contributed by atoms with van der Waals surface area (Å²) in [5.41, 5.74) is 3.78. The van der Waals surface area contributed by atoms with Crippen LogP contribution in [0.1, 0.15) is 5.56 Å². The standard InChI is InChI=1S/C13H12S.C12H11P.C5H5N/c1-10-2-4-11(5-3-10)12-6-8-13(14)9-7-12;1-3-7-11(8-4-1)13-12-9-5-2-6-10-12;1-2-4-6-5-3-1/h2-9,14H,1H3;1-10,13H;1-5H. The summed E-state index contributed by atoms with van der Waals surface area (Å²) >= 11 is 4.26. The van der Waals surface area contributed by atoms with Crippen LogP contribution in [0.3, 0.4) is 0 Å². The van der Waals surface area contributed by atoms with Crippen molar-refractivity contribution < 1.29 is 0 Å². The zero-order chi connectivity index (χ0) is 23.1. The Balaban J connectivity index is 0.000000150. The summed E-state index contributed by atoms with van der Waals surface area (Å²) in [5.74, 6) is 0. The highest BCUT2D eigenvalue weighted by Crippen LogP contribution is 2.21. The number of thiol groups is 1. The van der Waals surface area contributed by atoms with Crippen LogP contribution in [0.15, 0.2) is 145 Å². The fraction of sp³-hybridized carbons (Fsp3) is 0.0333. The molecule has 0 saturated heterocycles. The third kappa shape index (κ3) is 9.45. The van der Waals surface area contributed by atoms with Crippen LogP contribution in [0, 0.1) is 6.92 Å². The predicted octanol–water partition coefficient (Wildman–Crippen LogP) is 7.35. The molecule has 0 radical (unpaired) electrons. The normalized spacial score (nSPS) is 9.64. The SMILES string of the molecule is Cc1ccc(-c2ccc(S)cc2)cc1.c1ccc(Pc2ccccc2)cc1.c1ccncc1. The van der Waals surface area contributed by atoms with E-state index in [0.717, 1.165) is 13.5 Å². The van der Waals surface area contributed by atoms with Gasteiger partial charge in [-0.3, -0.25) is 4.98 Å². The number of pyridine rings is 1. The van der Waals surface area contributed by atoms with Gasteiger partial charge in [-0.15, -0.1) is 12.6 Å². The highest BCUT2D eigenvalue weighted by atomic mass is 32.1. The molecule has 0 bridgehead atoms. The van der Waals surface area contributed by atoms with Crippen molar-refractivity contribution in [2.75, 3.05) is 0 Å². The number of rotatable bonds is 3. The first-order valence-electron chi connectivity index (χ1n) is 10.8. The molecule has 0 amide bonds. The molecule has 33 heavy (non-hydrogen) atoms. The minimum Gasteiger partial charge on any atom is -0.265 e. The van der Waals surface area contributed by atoms with Gasteiger partial charge in [0.1, 0.15) is 0 Å². The van der Waals surface area contributed by atoms with Crippen LogP contribution in [-0.4, -0.2) is 4.98 Å². The van der Waals surface area contributed by atoms with Gasteiger partial charge in [0.05, 0.1) is 0 Å². The van der Waals surface area contributed by atoms with E-state index in [0.29, 0.717) is 0 Å². The molecule has 0 atom stereocenters. The lowest BCUT2D eigenvalue weighted by Crippen LogP contribution is -2.01. The smallest absolute Gasteiger partial charge is 0.0267 e. The van der Waals surface area contributed by atoms with E-state index in [4.69, 9.17) is 0 Å². The largest absolute Gasteiger partial charge is 0.265 e. The highest BCUT2D eigenvalue weighted by molar-refractivity contribution is 7.80. The summed E-state index contributed by atoms with van der Waals surface area (Å²) in [7, 11) is 0.777. The number of hydrogen-bond donors (Lipinski definition) is 1. The molecule has 1 heterocycles. The molecule has 5 aromatic rings. The summed E-state index contributed by atoms with van der Waals surface area (Å²) in [4.78, 5) is 4.79. The Morgan fingerprint density at radius 1 is 0.515 bits per heavy atom. The van der Waals surface area contributed by atoms with Gasteiger partial charge in [-0.05, 0) is 52.9 Å². The van der Waals surface area contributed by atoms with Gasteiger partial charge in [0.2, 0.25) is 0 Å². The Morgan fingerprint density at radius 2 is 0.939 bits per heavy atom. The molecule has 0 unspecified atom stereocenters. The van der Waals surface area contributed by atoms with Gasteiger partial charge < -0.3 is 0 Å². The van der Waals surface area contributed by atoms with E-state index in [9.17, 15) is 0 Å². The minimum absolute atomic E-state index is 0.777. The molecule has 0 aliphatic rings. The van der Waals surface area contributed by atoms with E-state index in [1.807, 2.05) is 30.3 Å². The van der Waals surface area contributed by atoms with Gasteiger partial charge in [-0.25, -0.2) is 0 Å². The van der Waals surface area contributed by atoms with Crippen LogP contribution < -0.4 is 10.6 Å². The first kappa shape index (κ1) is 24.5. The van der Waals surface area contributed by atoms with E-state index < -0.39 is 0 Å². The molecule has 4 aromatic carbocycles. The zero-order valence-electron chi connectivity index (χ0n) is 18.7. The molecule has 0 aliphatic heterocycles. The molecule has 0 aliphatic carbocycles. The van der Waals surface area contributed by atoms with E-state index >= 15 is 0 Å². The van der Waals surface area contributed by atoms with Crippen molar-refractivity contribution in [1.29, 1.82) is 0 Å². The first-order valence-corrected chi connectivity index (χ1v) is 12.2. The molecular formula is C30H28NPS. The van der Waals surface area contributed by atoms with Crippen molar-refractivity contribution in [2.45, 2.75) is 11.8 Å². The van der Waals surface area contributed by atoms with Crippen LogP contribution in [0.5, 0.6) is 0 Å². The number of aryl methyl sites for hydroxylation is 1. The number of nitrogens with zero attached hydrogens (tertiary/aromatic N) is 1. The van der Waals surface area contributed by atoms with Crippen molar-refractivity contribution in [3.63, 3.8) is 0 Å². The van der Waals surface area contributed by atoms with Crippen molar-refractivity contribution >= 4 is 31.8 Å². The lowest BCUT2D eigenvalue weighted by atomic mass is 10.0. The number of aromatic nitrogens is 1. The molecular weight excluding hydrogens is 437 g/mol. The van der Waals surface area contributed by atoms with Gasteiger partial charge in [0, 0.05) is 17.3 Å². The maximum Gasteiger partial charge on any atom is 0.0267 e. The van der Waals surface area contributed by atoms with Crippen LogP contribution in [0.2, 0.25) is 0 Å². The molecule has 5 rings (SSSR count). The second kappa shape index (κ2) is 14.1. The average molecular weight is 466 g/mol. The maximum absolute atomic E-state index is 4.26. The Hall–Kier alpha value is -3.19. The number of hydrogen-bond acceptors (Lipinski definition) is 2. The fourth-order valence-corrected chi connectivity index (χ4v) is 4.12. The second-order valence-corrected chi connectivity index (χ2v) is 9.22. The van der Waals surface area contributed by atoms with Crippen LogP contribution in [0.25, 0.3) is 11.1 Å². The van der Waals surface area contributed by atoms with E-state index in [1.54, 1.807) is 12.4 Å². The van der Waals surface area contributed by atoms with E-state index in [-0.39, 0.29) is 0 Å². The Morgan fingerprint density at radius 3 is 1.33 bits per heavy atom. The van der Waals surface area contributed by atoms with Crippen molar-refractivity contribution in [1.82, 2.24) is 4.98 Å². The fourth-order valence-electron chi connectivity index (χ4n) is 2.92. The van der Waals surface area contributed by atoms with Crippen molar-refractivity contribution in [3.8, 4) is 11.1 Å². The quantitative estimate of drug-likeness (QED) is 0.217. The van der Waals surface area contributed by atoms with Crippen LogP contribution in [0.4, 0.5) is 0 Å². The summed E-state index contributed by atoms with van der Waals surface area (Å²) < 4.78 is 0. The Bertz CT molecular complexity index is 1050. The third-order valence-corrected chi connectivity index (χ3v) is 6.20. The lowest BCUT2D eigenvalue weighted by Gasteiger charge is -2.02. The van der Waals surface area contributed by atoms with Crippen molar-refractivity contribution in [2.24, 2.45) is 0 Å². The van der Waals surface area contributed by atoms with Crippen LogP contribution >= 0.6 is 21.2 Å². The van der Waals surface area contributed by atoms with E-state index in [1.165, 1.54) is 27.3 Å². The zero-order valence-corrected chi connectivity index (χ0v) is 20.6.